The van der Waals surface area contributed by atoms with E-state index in [0.29, 0.717) is 13.1 Å². The van der Waals surface area contributed by atoms with Gasteiger partial charge in [-0.25, -0.2) is 0 Å². The summed E-state index contributed by atoms with van der Waals surface area (Å²) in [5.41, 5.74) is 6.62. The Bertz CT molecular complexity index is 521. The second-order valence-electron chi connectivity index (χ2n) is 4.11. The number of fused-ring (bicyclic) bond motifs is 1. The fourth-order valence-corrected chi connectivity index (χ4v) is 2.60. The minimum atomic E-state index is -0.125. The Kier molecular flexibility index (Phi) is 3.76. The zero-order valence-corrected chi connectivity index (χ0v) is 10.6. The van der Waals surface area contributed by atoms with Crippen molar-refractivity contribution in [3.8, 4) is 0 Å². The summed E-state index contributed by atoms with van der Waals surface area (Å²) in [7, 11) is 0. The smallest absolute Gasteiger partial charge is 0.224 e. The highest BCUT2D eigenvalue weighted by atomic mass is 32.1. The van der Waals surface area contributed by atoms with E-state index in [0.717, 1.165) is 0 Å². The number of nitrogens with two attached hydrogens (primary N) is 1. The van der Waals surface area contributed by atoms with Gasteiger partial charge in [-0.2, -0.15) is 0 Å². The molecule has 1 aromatic heterocycles. The molecule has 17 heavy (non-hydrogen) atoms. The van der Waals surface area contributed by atoms with Crippen LogP contribution in [0.4, 0.5) is 0 Å². The molecule has 1 unspecified atom stereocenters. The first kappa shape index (κ1) is 12.1. The van der Waals surface area contributed by atoms with Gasteiger partial charge in [0.2, 0.25) is 5.91 Å². The summed E-state index contributed by atoms with van der Waals surface area (Å²) in [4.78, 5) is 11.6. The molecule has 0 aliphatic carbocycles. The van der Waals surface area contributed by atoms with Crippen LogP contribution in [0.2, 0.25) is 0 Å². The van der Waals surface area contributed by atoms with E-state index < -0.39 is 0 Å². The third-order valence-corrected chi connectivity index (χ3v) is 3.83. The molecule has 2 aromatic rings. The number of rotatable bonds is 4. The number of amides is 1. The Morgan fingerprint density at radius 1 is 1.47 bits per heavy atom. The van der Waals surface area contributed by atoms with E-state index in [1.165, 1.54) is 15.6 Å². The van der Waals surface area contributed by atoms with Crippen LogP contribution < -0.4 is 11.1 Å². The maximum Gasteiger partial charge on any atom is 0.224 e. The highest BCUT2D eigenvalue weighted by molar-refractivity contribution is 7.17. The summed E-state index contributed by atoms with van der Waals surface area (Å²) in [5.74, 6) is -0.109. The summed E-state index contributed by atoms with van der Waals surface area (Å²) >= 11 is 1.70. The minimum Gasteiger partial charge on any atom is -0.352 e. The molecule has 0 spiro atoms. The Balaban J connectivity index is 2.07. The van der Waals surface area contributed by atoms with Crippen molar-refractivity contribution in [3.05, 3.63) is 35.2 Å². The quantitative estimate of drug-likeness (QED) is 0.870. The third-order valence-electron chi connectivity index (χ3n) is 2.82. The van der Waals surface area contributed by atoms with Gasteiger partial charge in [0, 0.05) is 23.7 Å². The van der Waals surface area contributed by atoms with E-state index in [1.54, 1.807) is 11.3 Å². The van der Waals surface area contributed by atoms with E-state index >= 15 is 0 Å². The molecule has 0 radical (unpaired) electrons. The van der Waals surface area contributed by atoms with Crippen molar-refractivity contribution in [3.63, 3.8) is 0 Å². The van der Waals surface area contributed by atoms with Gasteiger partial charge in [0.15, 0.2) is 0 Å². The molecule has 1 heterocycles. The predicted octanol–water partition coefficient (Wildman–Crippen LogP) is 2.11. The molecule has 3 nitrogen and oxygen atoms in total. The first-order chi connectivity index (χ1) is 8.22. The molecule has 0 fully saturated rings. The normalized spacial score (nSPS) is 12.6. The molecule has 0 bridgehead atoms. The molecule has 1 aromatic carbocycles. The summed E-state index contributed by atoms with van der Waals surface area (Å²) in [6.45, 7) is 2.80. The van der Waals surface area contributed by atoms with Crippen LogP contribution in [0.15, 0.2) is 29.6 Å². The lowest BCUT2D eigenvalue weighted by Gasteiger charge is -2.09. The molecule has 0 saturated carbocycles. The molecule has 0 saturated heterocycles. The van der Waals surface area contributed by atoms with Crippen LogP contribution in [-0.4, -0.2) is 12.5 Å². The first-order valence-electron chi connectivity index (χ1n) is 5.65. The van der Waals surface area contributed by atoms with Crippen LogP contribution in [0.1, 0.15) is 12.5 Å². The van der Waals surface area contributed by atoms with Crippen LogP contribution in [0, 0.1) is 5.92 Å². The highest BCUT2D eigenvalue weighted by Crippen LogP contribution is 2.25. The van der Waals surface area contributed by atoms with Crippen molar-refractivity contribution in [1.29, 1.82) is 0 Å². The van der Waals surface area contributed by atoms with Gasteiger partial charge >= 0.3 is 0 Å². The van der Waals surface area contributed by atoms with Gasteiger partial charge < -0.3 is 11.1 Å². The highest BCUT2D eigenvalue weighted by Gasteiger charge is 2.11. The van der Waals surface area contributed by atoms with E-state index in [1.807, 2.05) is 19.1 Å². The number of carbonyl (C=O) groups excluding carboxylic acids is 1. The molecular formula is C13H16N2OS. The van der Waals surface area contributed by atoms with Crippen molar-refractivity contribution in [2.24, 2.45) is 11.7 Å². The molecule has 3 N–H and O–H groups in total. The monoisotopic (exact) mass is 248 g/mol. The van der Waals surface area contributed by atoms with E-state index in [-0.39, 0.29) is 11.8 Å². The summed E-state index contributed by atoms with van der Waals surface area (Å²) in [6, 6.07) is 8.22. The lowest BCUT2D eigenvalue weighted by atomic mass is 10.1. The molecule has 0 aliphatic heterocycles. The predicted molar refractivity (Wildman–Crippen MR) is 71.9 cm³/mol. The molecule has 2 rings (SSSR count). The SMILES string of the molecule is CC(CN)C(=O)NCc1csc2ccccc12. The maximum atomic E-state index is 11.6. The standard InChI is InChI=1S/C13H16N2OS/c1-9(6-14)13(16)15-7-10-8-17-12-5-3-2-4-11(10)12/h2-5,8-9H,6-7,14H2,1H3,(H,15,16). The van der Waals surface area contributed by atoms with Crippen molar-refractivity contribution >= 4 is 27.3 Å². The van der Waals surface area contributed by atoms with Crippen LogP contribution in [-0.2, 0) is 11.3 Å². The van der Waals surface area contributed by atoms with E-state index in [9.17, 15) is 4.79 Å². The number of hydrogen-bond donors (Lipinski definition) is 2. The number of thiophene rings is 1. The summed E-state index contributed by atoms with van der Waals surface area (Å²) in [5, 5.41) is 6.23. The first-order valence-corrected chi connectivity index (χ1v) is 6.53. The molecule has 1 amide bonds. The van der Waals surface area contributed by atoms with Gasteiger partial charge in [-0.3, -0.25) is 4.79 Å². The van der Waals surface area contributed by atoms with E-state index in [4.69, 9.17) is 5.73 Å². The number of hydrogen-bond acceptors (Lipinski definition) is 3. The number of carbonyl (C=O) groups is 1. The number of nitrogens with one attached hydrogen (secondary N) is 1. The average molecular weight is 248 g/mol. The van der Waals surface area contributed by atoms with Gasteiger partial charge in [0.25, 0.3) is 0 Å². The summed E-state index contributed by atoms with van der Waals surface area (Å²) in [6.07, 6.45) is 0. The Morgan fingerprint density at radius 2 is 2.24 bits per heavy atom. The van der Waals surface area contributed by atoms with Crippen molar-refractivity contribution < 1.29 is 4.79 Å². The molecule has 1 atom stereocenters. The molecule has 4 heteroatoms. The largest absolute Gasteiger partial charge is 0.352 e. The van der Waals surface area contributed by atoms with Crippen molar-refractivity contribution in [2.75, 3.05) is 6.54 Å². The Hall–Kier alpha value is -1.39. The van der Waals surface area contributed by atoms with Crippen molar-refractivity contribution in [1.82, 2.24) is 5.32 Å². The average Bonchev–Trinajstić information content (AvgIpc) is 2.78. The molecule has 0 aliphatic rings. The lowest BCUT2D eigenvalue weighted by molar-refractivity contribution is -0.124. The molecule has 90 valence electrons. The fourth-order valence-electron chi connectivity index (χ4n) is 1.63. The van der Waals surface area contributed by atoms with Crippen LogP contribution in [0.3, 0.4) is 0 Å². The Morgan fingerprint density at radius 3 is 3.00 bits per heavy atom. The van der Waals surface area contributed by atoms with Crippen LogP contribution in [0.5, 0.6) is 0 Å². The van der Waals surface area contributed by atoms with Gasteiger partial charge in [0.1, 0.15) is 0 Å². The zero-order chi connectivity index (χ0) is 12.3. The van der Waals surface area contributed by atoms with Crippen molar-refractivity contribution in [2.45, 2.75) is 13.5 Å². The van der Waals surface area contributed by atoms with Gasteiger partial charge in [0.05, 0.1) is 0 Å². The number of benzene rings is 1. The third kappa shape index (κ3) is 2.65. The van der Waals surface area contributed by atoms with E-state index in [2.05, 4.69) is 22.8 Å². The second-order valence-corrected chi connectivity index (χ2v) is 5.02. The van der Waals surface area contributed by atoms with Gasteiger partial charge in [-0.1, -0.05) is 25.1 Å². The minimum absolute atomic E-state index is 0.0165. The second kappa shape index (κ2) is 5.29. The van der Waals surface area contributed by atoms with Crippen LogP contribution >= 0.6 is 11.3 Å². The summed E-state index contributed by atoms with van der Waals surface area (Å²) < 4.78 is 1.25. The maximum absolute atomic E-state index is 11.6. The van der Waals surface area contributed by atoms with Gasteiger partial charge in [-0.15, -0.1) is 11.3 Å². The zero-order valence-electron chi connectivity index (χ0n) is 9.77. The van der Waals surface area contributed by atoms with Crippen LogP contribution in [0.25, 0.3) is 10.1 Å². The lowest BCUT2D eigenvalue weighted by Crippen LogP contribution is -2.32. The topological polar surface area (TPSA) is 55.1 Å². The Labute approximate surface area is 105 Å². The molecular weight excluding hydrogens is 232 g/mol. The van der Waals surface area contributed by atoms with Gasteiger partial charge in [-0.05, 0) is 22.4 Å². The fraction of sp³-hybridized carbons (Fsp3) is 0.308.